The molecule has 2 rings (SSSR count). The van der Waals surface area contributed by atoms with Crippen molar-refractivity contribution in [2.75, 3.05) is 6.54 Å². The number of carbonyl (C=O) groups excluding carboxylic acids is 1. The van der Waals surface area contributed by atoms with Crippen molar-refractivity contribution in [2.45, 2.75) is 77.9 Å². The van der Waals surface area contributed by atoms with E-state index in [1.165, 1.54) is 32.1 Å². The number of nitrogens with zero attached hydrogens (tertiary/aromatic N) is 1. The number of aliphatic imine (C=N–C) groups is 1. The topological polar surface area (TPSA) is 65.5 Å². The molecule has 1 amide bonds. The second kappa shape index (κ2) is 11.5. The lowest BCUT2D eigenvalue weighted by molar-refractivity contribution is 0.0919. The molecule has 1 aromatic rings. The number of nitrogens with one attached hydrogen (secondary N) is 3. The zero-order valence-corrected chi connectivity index (χ0v) is 19.4. The summed E-state index contributed by atoms with van der Waals surface area (Å²) in [6, 6.07) is 8.23. The first-order chi connectivity index (χ1) is 12.4. The van der Waals surface area contributed by atoms with E-state index in [9.17, 15) is 4.79 Å². The third kappa shape index (κ3) is 8.95. The molecule has 0 bridgehead atoms. The molecule has 1 aliphatic rings. The van der Waals surface area contributed by atoms with Crippen molar-refractivity contribution in [3.63, 3.8) is 0 Å². The Kier molecular flexibility index (Phi) is 10.1. The summed E-state index contributed by atoms with van der Waals surface area (Å²) in [4.78, 5) is 17.1. The fraction of sp³-hybridized carbons (Fsp3) is 0.619. The first-order valence-corrected chi connectivity index (χ1v) is 9.83. The minimum Gasteiger partial charge on any atom is -0.357 e. The van der Waals surface area contributed by atoms with Crippen LogP contribution >= 0.6 is 24.0 Å². The van der Waals surface area contributed by atoms with Crippen molar-refractivity contribution in [1.82, 2.24) is 16.0 Å². The smallest absolute Gasteiger partial charge is 0.251 e. The summed E-state index contributed by atoms with van der Waals surface area (Å²) in [6.07, 6.45) is 6.36. The molecule has 0 radical (unpaired) electrons. The fourth-order valence-corrected chi connectivity index (χ4v) is 3.15. The van der Waals surface area contributed by atoms with E-state index in [0.29, 0.717) is 18.2 Å². The van der Waals surface area contributed by atoms with Crippen molar-refractivity contribution in [3.05, 3.63) is 35.4 Å². The molecule has 0 atom stereocenters. The van der Waals surface area contributed by atoms with Crippen LogP contribution in [0.3, 0.4) is 0 Å². The summed E-state index contributed by atoms with van der Waals surface area (Å²) in [7, 11) is 0. The fourth-order valence-electron chi connectivity index (χ4n) is 3.15. The lowest BCUT2D eigenvalue weighted by Gasteiger charge is -2.24. The largest absolute Gasteiger partial charge is 0.357 e. The molecule has 5 nitrogen and oxygen atoms in total. The number of halogens is 1. The molecule has 27 heavy (non-hydrogen) atoms. The van der Waals surface area contributed by atoms with Crippen LogP contribution in [-0.2, 0) is 6.54 Å². The number of benzene rings is 1. The molecule has 1 aromatic carbocycles. The van der Waals surface area contributed by atoms with E-state index in [2.05, 4.69) is 22.9 Å². The molecule has 0 saturated heterocycles. The van der Waals surface area contributed by atoms with E-state index in [1.807, 2.05) is 45.0 Å². The van der Waals surface area contributed by atoms with Crippen LogP contribution in [0.1, 0.15) is 75.7 Å². The average molecular weight is 486 g/mol. The van der Waals surface area contributed by atoms with Crippen LogP contribution in [0.2, 0.25) is 0 Å². The summed E-state index contributed by atoms with van der Waals surface area (Å²) >= 11 is 0. The van der Waals surface area contributed by atoms with E-state index in [4.69, 9.17) is 4.99 Å². The highest BCUT2D eigenvalue weighted by molar-refractivity contribution is 14.0. The highest BCUT2D eigenvalue weighted by Crippen LogP contribution is 2.17. The Hall–Kier alpha value is -1.31. The van der Waals surface area contributed by atoms with Gasteiger partial charge in [0, 0.05) is 23.7 Å². The summed E-state index contributed by atoms with van der Waals surface area (Å²) in [6.45, 7) is 9.43. The Labute approximate surface area is 181 Å². The van der Waals surface area contributed by atoms with Crippen molar-refractivity contribution < 1.29 is 4.79 Å². The maximum absolute atomic E-state index is 12.3. The van der Waals surface area contributed by atoms with Crippen molar-refractivity contribution >= 4 is 35.8 Å². The monoisotopic (exact) mass is 486 g/mol. The predicted molar refractivity (Wildman–Crippen MR) is 124 cm³/mol. The van der Waals surface area contributed by atoms with Crippen LogP contribution in [-0.4, -0.2) is 30.0 Å². The van der Waals surface area contributed by atoms with E-state index in [-0.39, 0.29) is 35.4 Å². The van der Waals surface area contributed by atoms with E-state index >= 15 is 0 Å². The zero-order chi connectivity index (χ0) is 19.0. The first-order valence-electron chi connectivity index (χ1n) is 9.83. The molecule has 152 valence electrons. The lowest BCUT2D eigenvalue weighted by Crippen LogP contribution is -2.44. The number of hydrogen-bond donors (Lipinski definition) is 3. The van der Waals surface area contributed by atoms with E-state index in [0.717, 1.165) is 18.1 Å². The summed E-state index contributed by atoms with van der Waals surface area (Å²) in [5, 5.41) is 9.89. The number of rotatable bonds is 5. The van der Waals surface area contributed by atoms with Crippen LogP contribution in [0.5, 0.6) is 0 Å². The maximum Gasteiger partial charge on any atom is 0.251 e. The Bertz CT molecular complexity index is 619. The zero-order valence-electron chi connectivity index (χ0n) is 17.1. The molecule has 0 aliphatic heterocycles. The van der Waals surface area contributed by atoms with Crippen molar-refractivity contribution in [1.29, 1.82) is 0 Å². The van der Waals surface area contributed by atoms with Crippen molar-refractivity contribution in [3.8, 4) is 0 Å². The predicted octanol–water partition coefficient (Wildman–Crippen LogP) is 4.22. The van der Waals surface area contributed by atoms with E-state index in [1.54, 1.807) is 0 Å². The third-order valence-electron chi connectivity index (χ3n) is 4.39. The van der Waals surface area contributed by atoms with Gasteiger partial charge in [-0.25, -0.2) is 4.99 Å². The molecule has 6 heteroatoms. The molecule has 0 unspecified atom stereocenters. The molecule has 1 saturated carbocycles. The quantitative estimate of drug-likeness (QED) is 0.332. The highest BCUT2D eigenvalue weighted by atomic mass is 127. The van der Waals surface area contributed by atoms with Gasteiger partial charge in [-0.05, 0) is 58.2 Å². The van der Waals surface area contributed by atoms with Gasteiger partial charge in [0.2, 0.25) is 0 Å². The second-order valence-electron chi connectivity index (χ2n) is 8.08. The van der Waals surface area contributed by atoms with Crippen LogP contribution in [0.15, 0.2) is 29.3 Å². The SMILES string of the molecule is CCNC(=NCc1cccc(C(=O)NC(C)(C)C)c1)NC1CCCCC1.I. The first kappa shape index (κ1) is 23.7. The minimum absolute atomic E-state index is 0. The normalized spacial score (nSPS) is 15.6. The van der Waals surface area contributed by atoms with Crippen LogP contribution < -0.4 is 16.0 Å². The summed E-state index contributed by atoms with van der Waals surface area (Å²) < 4.78 is 0. The minimum atomic E-state index is -0.243. The molecule has 3 N–H and O–H groups in total. The highest BCUT2D eigenvalue weighted by Gasteiger charge is 2.16. The van der Waals surface area contributed by atoms with Crippen LogP contribution in [0.4, 0.5) is 0 Å². The summed E-state index contributed by atoms with van der Waals surface area (Å²) in [5.74, 6) is 0.819. The van der Waals surface area contributed by atoms with Gasteiger partial charge in [0.05, 0.1) is 6.54 Å². The number of amides is 1. The van der Waals surface area contributed by atoms with Gasteiger partial charge in [0.15, 0.2) is 5.96 Å². The summed E-state index contributed by atoms with van der Waals surface area (Å²) in [5.41, 5.74) is 1.47. The van der Waals surface area contributed by atoms with Crippen molar-refractivity contribution in [2.24, 2.45) is 4.99 Å². The van der Waals surface area contributed by atoms with Gasteiger partial charge < -0.3 is 16.0 Å². The average Bonchev–Trinajstić information content (AvgIpc) is 2.59. The second-order valence-corrected chi connectivity index (χ2v) is 8.08. The van der Waals surface area contributed by atoms with Gasteiger partial charge in [-0.15, -0.1) is 24.0 Å². The van der Waals surface area contributed by atoms with E-state index < -0.39 is 0 Å². The standard InChI is InChI=1S/C21H34N4O.HI/c1-5-22-20(24-18-12-7-6-8-13-18)23-15-16-10-9-11-17(14-16)19(26)25-21(2,3)4;/h9-11,14,18H,5-8,12-13,15H2,1-4H3,(H,25,26)(H2,22,23,24);1H. The molecule has 1 aliphatic carbocycles. The van der Waals surface area contributed by atoms with Crippen LogP contribution in [0, 0.1) is 0 Å². The van der Waals surface area contributed by atoms with Gasteiger partial charge in [-0.3, -0.25) is 4.79 Å². The number of hydrogen-bond acceptors (Lipinski definition) is 2. The van der Waals surface area contributed by atoms with Gasteiger partial charge in [-0.2, -0.15) is 0 Å². The molecule has 0 aromatic heterocycles. The van der Waals surface area contributed by atoms with Gasteiger partial charge in [0.1, 0.15) is 0 Å². The van der Waals surface area contributed by atoms with Gasteiger partial charge in [-0.1, -0.05) is 31.4 Å². The Morgan fingerprint density at radius 2 is 1.89 bits per heavy atom. The Morgan fingerprint density at radius 3 is 2.52 bits per heavy atom. The number of carbonyl (C=O) groups is 1. The molecule has 0 heterocycles. The molecular weight excluding hydrogens is 451 g/mol. The lowest BCUT2D eigenvalue weighted by atomic mass is 9.96. The maximum atomic E-state index is 12.3. The molecular formula is C21H35IN4O. The Morgan fingerprint density at radius 1 is 1.19 bits per heavy atom. The van der Waals surface area contributed by atoms with Gasteiger partial charge >= 0.3 is 0 Å². The number of guanidine groups is 1. The Balaban J connectivity index is 0.00000364. The molecule has 1 fully saturated rings. The molecule has 0 spiro atoms. The van der Waals surface area contributed by atoms with Crippen LogP contribution in [0.25, 0.3) is 0 Å². The van der Waals surface area contributed by atoms with Gasteiger partial charge in [0.25, 0.3) is 5.91 Å². The third-order valence-corrected chi connectivity index (χ3v) is 4.39.